The number of halogens is 1. The van der Waals surface area contributed by atoms with E-state index in [2.05, 4.69) is 111 Å². The van der Waals surface area contributed by atoms with Crippen LogP contribution in [0.25, 0.3) is 10.9 Å². The fourth-order valence-corrected chi connectivity index (χ4v) is 12.6. The molecule has 0 bridgehead atoms. The standard InChI is InChI=1S/C80H120BrN23O26/c1-36(2)24-49(70(122)99-53(29-56(83)107)68(120)91-33-58(109)89-32-57(108)90-34-59(110)93-55(35-105)74(126)98-51(26-41-17-19-43(81)20-18-41)71(123)94-47(65(84)117)16-13-23-87-79(85)86)97-72(124)54(30-62(115)116)100-69(121)48(21-22-60(111)112)95-76(128)63(38(5)6)102-73(125)50(25-37(3)4)96-66(118)39(7)92-78(130)80(9,10)104-75(127)52(27-42-31-88-46-15-12-11-14-44(42)46)101-77(129)64(40(8)106)103-67(119)45(82)28-61(113)114/h11-12,14-15,17-20,31,36-40,45,47-55,63-64,88,105-106H,13,16,21-30,32-35,82H2,1-10H3,(H2,83,107)(H2,84,117)(H,89,109)(H,90,108)(H,91,120)(H,92,130)(H,93,110)(H,94,123)(H,95,128)(H,96,118)(H,97,124)(H,98,126)(H,99,122)(H,100,121)(H,101,129)(H,102,125)(H,103,119)(H,104,127)(H,111,112)(H,113,114)(H,115,116)(H4,85,86,87)/t39-,40-,45-,47+,48-,49-,50-,51+,52-,53-,54-,55+,63-,64-/m1/s1. The van der Waals surface area contributed by atoms with Gasteiger partial charge < -0.3 is 144 Å². The topological polar surface area (TPSA) is 808 Å². The van der Waals surface area contributed by atoms with Crippen LogP contribution in [0.15, 0.2) is 59.2 Å². The molecule has 0 fully saturated rings. The number of hydrogen-bond acceptors (Lipinski definition) is 25. The molecule has 0 aliphatic heterocycles. The van der Waals surface area contributed by atoms with Crippen LogP contribution in [0.1, 0.15) is 138 Å². The van der Waals surface area contributed by atoms with Gasteiger partial charge in [-0.25, -0.2) is 0 Å². The van der Waals surface area contributed by atoms with Gasteiger partial charge in [-0.1, -0.05) is 87.8 Å². The Morgan fingerprint density at radius 2 is 0.931 bits per heavy atom. The third kappa shape index (κ3) is 39.8. The number of guanidine groups is 1. The summed E-state index contributed by atoms with van der Waals surface area (Å²) in [5, 5.41) is 97.3. The first-order valence-electron chi connectivity index (χ1n) is 41.1. The number of para-hydroxylation sites is 1. The van der Waals surface area contributed by atoms with E-state index < -0.39 is 285 Å². The van der Waals surface area contributed by atoms with Gasteiger partial charge in [0.25, 0.3) is 0 Å². The van der Waals surface area contributed by atoms with Crippen LogP contribution >= 0.6 is 15.9 Å². The van der Waals surface area contributed by atoms with Gasteiger partial charge in [-0.3, -0.25) is 106 Å². The fraction of sp³-hybridized carbons (Fsp3) is 0.550. The van der Waals surface area contributed by atoms with Gasteiger partial charge in [0, 0.05) is 47.4 Å². The van der Waals surface area contributed by atoms with Gasteiger partial charge >= 0.3 is 17.9 Å². The molecule has 32 N–H and O–H groups in total. The molecule has 0 aliphatic carbocycles. The molecular weight excluding hydrogens is 1780 g/mol. The van der Waals surface area contributed by atoms with Gasteiger partial charge in [0.05, 0.1) is 57.6 Å². The summed E-state index contributed by atoms with van der Waals surface area (Å²) in [6.07, 6.45) is -5.24. The number of nitrogens with two attached hydrogens (primary N) is 4. The maximum atomic E-state index is 14.3. The Bertz CT molecular complexity index is 4560. The number of carbonyl (C=O) groups is 21. The van der Waals surface area contributed by atoms with E-state index in [1.807, 2.05) is 0 Å². The number of nitrogens with one attached hydrogen (secondary N) is 19. The Balaban J connectivity index is 1.73. The number of carbonyl (C=O) groups excluding carboxylic acids is 18. The second-order valence-electron chi connectivity index (χ2n) is 32.3. The number of amides is 18. The third-order valence-electron chi connectivity index (χ3n) is 19.3. The summed E-state index contributed by atoms with van der Waals surface area (Å²) in [5.74, 6) is -26.4. The van der Waals surface area contributed by atoms with Gasteiger partial charge in [0.15, 0.2) is 5.96 Å². The largest absolute Gasteiger partial charge is 0.481 e. The van der Waals surface area contributed by atoms with Crippen molar-refractivity contribution in [3.8, 4) is 0 Å². The Morgan fingerprint density at radius 3 is 1.47 bits per heavy atom. The summed E-state index contributed by atoms with van der Waals surface area (Å²) in [7, 11) is 0. The Kier molecular flexibility index (Phi) is 45.9. The molecule has 50 heteroatoms. The van der Waals surface area contributed by atoms with E-state index in [-0.39, 0.29) is 56.9 Å². The van der Waals surface area contributed by atoms with E-state index in [0.29, 0.717) is 26.5 Å². The minimum Gasteiger partial charge on any atom is -0.481 e. The lowest BCUT2D eigenvalue weighted by molar-refractivity contribution is -0.142. The molecule has 14 atom stereocenters. The van der Waals surface area contributed by atoms with Crippen LogP contribution in [-0.2, 0) is 114 Å². The number of rotatable bonds is 57. The average molecular weight is 1900 g/mol. The van der Waals surface area contributed by atoms with Crippen molar-refractivity contribution in [2.75, 3.05) is 32.8 Å². The number of hydrogen-bond donors (Lipinski definition) is 28. The molecule has 0 unspecified atom stereocenters. The minimum atomic E-state index is -2.13. The Morgan fingerprint density at radius 1 is 0.462 bits per heavy atom. The van der Waals surface area contributed by atoms with Crippen LogP contribution in [-0.4, -0.2) is 284 Å². The van der Waals surface area contributed by atoms with Gasteiger partial charge in [0.1, 0.15) is 78.0 Å². The zero-order chi connectivity index (χ0) is 98.3. The maximum absolute atomic E-state index is 14.3. The van der Waals surface area contributed by atoms with Crippen LogP contribution in [0.2, 0.25) is 0 Å². The number of carboxylic acid groups (broad SMARTS) is 3. The zero-order valence-electron chi connectivity index (χ0n) is 73.3. The number of aliphatic carboxylic acids is 3. The van der Waals surface area contributed by atoms with Crippen molar-refractivity contribution in [3.05, 3.63) is 70.3 Å². The van der Waals surface area contributed by atoms with Crippen molar-refractivity contribution in [2.24, 2.45) is 40.7 Å². The van der Waals surface area contributed by atoms with Crippen molar-refractivity contribution >= 4 is 157 Å². The number of aliphatic hydroxyl groups is 2. The highest BCUT2D eigenvalue weighted by molar-refractivity contribution is 9.10. The molecule has 1 aromatic heterocycles. The SMILES string of the molecule is CC(C)C[C@@H](NC(=O)[C@@H](C)NC(=O)C(C)(C)NC(=O)[C@@H](Cc1c[nH]c2ccccc12)NC(=O)[C@H](NC(=O)[C@H](N)CC(=O)O)[C@@H](C)O)C(=O)N[C@@H](C(=O)N[C@H](CCC(=O)O)C(=O)N[C@H](CC(=O)O)C(=O)N[C@H](CC(C)C)C(=O)N[C@H](CC(N)=O)C(=O)NCC(=O)NCC(=O)NCC(=O)N[C@@H](CO)C(=O)N[C@@H](Cc1ccc(Br)cc1)C(=O)N[C@@H](CCCNC(=N)N)C(N)=O)C(C)C. The summed E-state index contributed by atoms with van der Waals surface area (Å²) in [6.45, 7) is 10.7. The van der Waals surface area contributed by atoms with Gasteiger partial charge in [-0.05, 0) is 107 Å². The molecule has 0 saturated carbocycles. The molecule has 2 aromatic carbocycles. The molecule has 0 radical (unpaired) electrons. The Hall–Kier alpha value is -13.5. The maximum Gasteiger partial charge on any atom is 0.305 e. The number of primary amides is 2. The highest BCUT2D eigenvalue weighted by atomic mass is 79.9. The van der Waals surface area contributed by atoms with E-state index in [1.54, 1.807) is 82.4 Å². The van der Waals surface area contributed by atoms with Crippen molar-refractivity contribution in [1.29, 1.82) is 5.41 Å². The summed E-state index contributed by atoms with van der Waals surface area (Å²) in [4.78, 5) is 283. The van der Waals surface area contributed by atoms with Crippen LogP contribution in [0.4, 0.5) is 0 Å². The van der Waals surface area contributed by atoms with Gasteiger partial charge in [-0.2, -0.15) is 0 Å². The first kappa shape index (κ1) is 111. The second kappa shape index (κ2) is 54.0. The van der Waals surface area contributed by atoms with E-state index >= 15 is 0 Å². The van der Waals surface area contributed by atoms with Crippen molar-refractivity contribution in [3.63, 3.8) is 0 Å². The van der Waals surface area contributed by atoms with Crippen LogP contribution in [0.3, 0.4) is 0 Å². The highest BCUT2D eigenvalue weighted by Gasteiger charge is 2.41. The average Bonchev–Trinajstić information content (AvgIpc) is 1.75. The predicted molar refractivity (Wildman–Crippen MR) is 464 cm³/mol. The number of aliphatic hydroxyl groups excluding tert-OH is 2. The highest BCUT2D eigenvalue weighted by Crippen LogP contribution is 2.21. The number of H-pyrrole nitrogens is 1. The van der Waals surface area contributed by atoms with Gasteiger partial charge in [0.2, 0.25) is 106 Å². The molecular formula is C80H120BrN23O26. The first-order chi connectivity index (χ1) is 60.7. The van der Waals surface area contributed by atoms with E-state index in [4.69, 9.17) is 33.5 Å². The quantitative estimate of drug-likeness (QED) is 0.0142. The summed E-state index contributed by atoms with van der Waals surface area (Å²) in [6, 6.07) is -8.17. The van der Waals surface area contributed by atoms with E-state index in [1.165, 1.54) is 34.6 Å². The number of fused-ring (bicyclic) bond motifs is 1. The van der Waals surface area contributed by atoms with E-state index in [0.717, 1.165) is 6.92 Å². The zero-order valence-corrected chi connectivity index (χ0v) is 74.9. The minimum absolute atomic E-state index is 0.00456. The summed E-state index contributed by atoms with van der Waals surface area (Å²) < 4.78 is 0.682. The number of aromatic nitrogens is 1. The molecule has 0 saturated heterocycles. The lowest BCUT2D eigenvalue weighted by Crippen LogP contribution is -2.64. The lowest BCUT2D eigenvalue weighted by atomic mass is 9.98. The molecule has 18 amide bonds. The molecule has 0 aliphatic rings. The van der Waals surface area contributed by atoms with Crippen LogP contribution < -0.4 is 113 Å². The fourth-order valence-electron chi connectivity index (χ4n) is 12.4. The molecule has 130 heavy (non-hydrogen) atoms. The Labute approximate surface area is 754 Å². The molecule has 1 heterocycles. The molecule has 49 nitrogen and oxygen atoms in total. The smallest absolute Gasteiger partial charge is 0.305 e. The second-order valence-corrected chi connectivity index (χ2v) is 33.2. The molecule has 0 spiro atoms. The number of carboxylic acids is 3. The molecule has 718 valence electrons. The van der Waals surface area contributed by atoms with Crippen molar-refractivity contribution in [1.82, 2.24) is 95.4 Å². The molecule has 3 aromatic rings. The third-order valence-corrected chi connectivity index (χ3v) is 19.8. The molecule has 3 rings (SSSR count). The number of aromatic amines is 1. The normalized spacial score (nSPS) is 14.4. The van der Waals surface area contributed by atoms with Crippen molar-refractivity contribution < 1.29 is 126 Å². The summed E-state index contributed by atoms with van der Waals surface area (Å²) >= 11 is 3.30. The number of benzene rings is 2. The van der Waals surface area contributed by atoms with Gasteiger partial charge in [-0.15, -0.1) is 0 Å². The van der Waals surface area contributed by atoms with E-state index in [9.17, 15) is 121 Å². The van der Waals surface area contributed by atoms with Crippen molar-refractivity contribution in [2.45, 2.75) is 230 Å². The predicted octanol–water partition coefficient (Wildman–Crippen LogP) is -8.32. The summed E-state index contributed by atoms with van der Waals surface area (Å²) in [5.41, 5.74) is 21.7. The van der Waals surface area contributed by atoms with Crippen LogP contribution in [0.5, 0.6) is 0 Å². The monoisotopic (exact) mass is 1900 g/mol. The van der Waals surface area contributed by atoms with Crippen LogP contribution in [0, 0.1) is 23.2 Å². The first-order valence-corrected chi connectivity index (χ1v) is 41.9. The lowest BCUT2D eigenvalue weighted by Gasteiger charge is -2.31.